The highest BCUT2D eigenvalue weighted by molar-refractivity contribution is 7.92. The van der Waals surface area contributed by atoms with Crippen LogP contribution in [0.15, 0.2) is 65.6 Å². The second kappa shape index (κ2) is 14.4. The Bertz CT molecular complexity index is 1620. The summed E-state index contributed by atoms with van der Waals surface area (Å²) in [5, 5.41) is 2.68. The van der Waals surface area contributed by atoms with Gasteiger partial charge in [-0.25, -0.2) is 8.42 Å². The molecule has 238 valence electrons. The van der Waals surface area contributed by atoms with E-state index in [2.05, 4.69) is 5.32 Å². The first kappa shape index (κ1) is 35.5. The van der Waals surface area contributed by atoms with Crippen molar-refractivity contribution in [2.75, 3.05) is 10.8 Å². The lowest BCUT2D eigenvalue weighted by Gasteiger charge is -2.33. The average Bonchev–Trinajstić information content (AvgIpc) is 2.94. The molecular formula is C30H31Cl3F3N3O4S. The fourth-order valence-electron chi connectivity index (χ4n) is 4.13. The van der Waals surface area contributed by atoms with E-state index in [4.69, 9.17) is 34.8 Å². The zero-order chi connectivity index (χ0) is 33.0. The molecule has 0 saturated heterocycles. The van der Waals surface area contributed by atoms with Gasteiger partial charge in [0.15, 0.2) is 0 Å². The molecule has 14 heteroatoms. The lowest BCUT2D eigenvalue weighted by molar-refractivity contribution is -0.139. The minimum atomic E-state index is -4.91. The van der Waals surface area contributed by atoms with Crippen molar-refractivity contribution in [1.82, 2.24) is 10.2 Å². The van der Waals surface area contributed by atoms with Gasteiger partial charge in [0.25, 0.3) is 10.0 Å². The van der Waals surface area contributed by atoms with Crippen LogP contribution in [0.1, 0.15) is 43.9 Å². The van der Waals surface area contributed by atoms with E-state index < -0.39 is 56.9 Å². The first-order chi connectivity index (χ1) is 20.4. The minimum absolute atomic E-state index is 0.196. The predicted molar refractivity (Wildman–Crippen MR) is 167 cm³/mol. The molecular weight excluding hydrogens is 662 g/mol. The third-order valence-electron chi connectivity index (χ3n) is 6.96. The van der Waals surface area contributed by atoms with E-state index >= 15 is 0 Å². The topological polar surface area (TPSA) is 86.8 Å². The molecule has 3 aromatic rings. The number of anilines is 1. The van der Waals surface area contributed by atoms with Crippen molar-refractivity contribution in [2.24, 2.45) is 0 Å². The molecule has 0 spiro atoms. The molecule has 44 heavy (non-hydrogen) atoms. The van der Waals surface area contributed by atoms with Crippen LogP contribution in [0.4, 0.5) is 18.9 Å². The third-order valence-corrected chi connectivity index (χ3v) is 9.66. The number of benzene rings is 3. The number of hydrogen-bond acceptors (Lipinski definition) is 4. The molecule has 0 aromatic heterocycles. The Morgan fingerprint density at radius 3 is 2.14 bits per heavy atom. The number of nitrogens with one attached hydrogen (secondary N) is 1. The van der Waals surface area contributed by atoms with Crippen LogP contribution in [0, 0.1) is 6.92 Å². The zero-order valence-electron chi connectivity index (χ0n) is 24.3. The van der Waals surface area contributed by atoms with Crippen LogP contribution >= 0.6 is 34.8 Å². The summed E-state index contributed by atoms with van der Waals surface area (Å²) in [5.74, 6) is -1.39. The molecule has 0 aliphatic carbocycles. The highest BCUT2D eigenvalue weighted by Gasteiger charge is 2.37. The van der Waals surface area contributed by atoms with Crippen molar-refractivity contribution in [3.8, 4) is 0 Å². The maximum Gasteiger partial charge on any atom is 0.417 e. The summed E-state index contributed by atoms with van der Waals surface area (Å²) in [6.45, 7) is 5.67. The van der Waals surface area contributed by atoms with E-state index in [1.165, 1.54) is 43.3 Å². The van der Waals surface area contributed by atoms with Gasteiger partial charge in [0, 0.05) is 22.6 Å². The van der Waals surface area contributed by atoms with Crippen LogP contribution in [-0.4, -0.2) is 43.8 Å². The summed E-state index contributed by atoms with van der Waals surface area (Å²) in [6.07, 6.45) is -4.30. The summed E-state index contributed by atoms with van der Waals surface area (Å²) in [7, 11) is -4.60. The highest BCUT2D eigenvalue weighted by atomic mass is 35.5. The zero-order valence-corrected chi connectivity index (χ0v) is 27.3. The summed E-state index contributed by atoms with van der Waals surface area (Å²) in [5.41, 5.74) is -0.577. The molecule has 0 bridgehead atoms. The molecule has 0 unspecified atom stereocenters. The van der Waals surface area contributed by atoms with Crippen LogP contribution in [0.5, 0.6) is 0 Å². The molecule has 1 N–H and O–H groups in total. The maximum atomic E-state index is 14.0. The molecule has 0 fully saturated rings. The second-order valence-corrected chi connectivity index (χ2v) is 13.4. The number of nitrogens with zero attached hydrogens (tertiary/aromatic N) is 2. The molecule has 2 amide bonds. The molecule has 0 aliphatic rings. The predicted octanol–water partition coefficient (Wildman–Crippen LogP) is 7.50. The van der Waals surface area contributed by atoms with Gasteiger partial charge in [0.1, 0.15) is 12.6 Å². The SMILES string of the molecule is CC[C@H](C)NC(=O)[C@H](C)N(Cc1ccc(Cl)cc1Cl)C(=O)CN(c1ccc(Cl)c(C(F)(F)F)c1)S(=O)(=O)c1ccc(C)cc1. The van der Waals surface area contributed by atoms with Gasteiger partial charge >= 0.3 is 6.18 Å². The van der Waals surface area contributed by atoms with E-state index in [9.17, 15) is 31.2 Å². The lowest BCUT2D eigenvalue weighted by atomic mass is 10.1. The molecule has 0 heterocycles. The van der Waals surface area contributed by atoms with Crippen LogP contribution in [0.3, 0.4) is 0 Å². The maximum absolute atomic E-state index is 14.0. The van der Waals surface area contributed by atoms with E-state index in [-0.39, 0.29) is 22.5 Å². The molecule has 0 aliphatic heterocycles. The quantitative estimate of drug-likeness (QED) is 0.226. The van der Waals surface area contributed by atoms with Gasteiger partial charge in [0.2, 0.25) is 11.8 Å². The van der Waals surface area contributed by atoms with Gasteiger partial charge in [-0.05, 0) is 75.2 Å². The molecule has 2 atom stereocenters. The van der Waals surface area contributed by atoms with Crippen molar-refractivity contribution < 1.29 is 31.2 Å². The standard InChI is InChI=1S/C30H31Cl3F3N3O4S/c1-5-19(3)37-29(41)20(4)38(16-21-8-9-22(31)14-27(21)33)28(40)17-39(44(42,43)24-11-6-18(2)7-12-24)23-10-13-26(32)25(15-23)30(34,35)36/h6-15,19-20H,5,16-17H2,1-4H3,(H,37,41)/t19-,20-/m0/s1. The number of rotatable bonds is 11. The fraction of sp³-hybridized carbons (Fsp3) is 0.333. The molecule has 3 aromatic carbocycles. The number of halogens is 6. The van der Waals surface area contributed by atoms with Crippen LogP contribution in [-0.2, 0) is 32.3 Å². The minimum Gasteiger partial charge on any atom is -0.352 e. The smallest absolute Gasteiger partial charge is 0.352 e. The first-order valence-corrected chi connectivity index (χ1v) is 16.0. The first-order valence-electron chi connectivity index (χ1n) is 13.5. The summed E-state index contributed by atoms with van der Waals surface area (Å²) in [4.78, 5) is 28.0. The monoisotopic (exact) mass is 691 g/mol. The highest BCUT2D eigenvalue weighted by Crippen LogP contribution is 2.38. The van der Waals surface area contributed by atoms with Crippen LogP contribution in [0.2, 0.25) is 15.1 Å². The Balaban J connectivity index is 2.14. The Kier molecular flexibility index (Phi) is 11.6. The molecule has 3 rings (SSSR count). The van der Waals surface area contributed by atoms with E-state index in [1.807, 2.05) is 6.92 Å². The number of amides is 2. The third kappa shape index (κ3) is 8.59. The van der Waals surface area contributed by atoms with Crippen molar-refractivity contribution in [2.45, 2.75) is 63.8 Å². The van der Waals surface area contributed by atoms with Crippen LogP contribution < -0.4 is 9.62 Å². The van der Waals surface area contributed by atoms with E-state index in [0.717, 1.165) is 22.6 Å². The summed E-state index contributed by atoms with van der Waals surface area (Å²) >= 11 is 18.2. The van der Waals surface area contributed by atoms with Crippen LogP contribution in [0.25, 0.3) is 0 Å². The number of carbonyl (C=O) groups excluding carboxylic acids is 2. The van der Waals surface area contributed by atoms with Gasteiger partial charge in [-0.1, -0.05) is 65.5 Å². The lowest BCUT2D eigenvalue weighted by Crippen LogP contribution is -2.52. The number of sulfonamides is 1. The van der Waals surface area contributed by atoms with Gasteiger partial charge in [0.05, 0.1) is 21.2 Å². The Hall–Kier alpha value is -2.99. The Morgan fingerprint density at radius 2 is 1.57 bits per heavy atom. The van der Waals surface area contributed by atoms with Crippen molar-refractivity contribution in [1.29, 1.82) is 0 Å². The second-order valence-electron chi connectivity index (χ2n) is 10.2. The van der Waals surface area contributed by atoms with Gasteiger partial charge in [-0.3, -0.25) is 13.9 Å². The summed E-state index contributed by atoms with van der Waals surface area (Å²) in [6, 6.07) is 11.4. The Morgan fingerprint density at radius 1 is 0.932 bits per heavy atom. The number of alkyl halides is 3. The number of hydrogen-bond donors (Lipinski definition) is 1. The average molecular weight is 693 g/mol. The van der Waals surface area contributed by atoms with Crippen molar-refractivity contribution in [3.63, 3.8) is 0 Å². The van der Waals surface area contributed by atoms with Crippen molar-refractivity contribution >= 4 is 62.3 Å². The van der Waals surface area contributed by atoms with Gasteiger partial charge in [-0.15, -0.1) is 0 Å². The number of aryl methyl sites for hydroxylation is 1. The molecule has 0 radical (unpaired) electrons. The fourth-order valence-corrected chi connectivity index (χ4v) is 6.23. The Labute approximate surface area is 269 Å². The number of carbonyl (C=O) groups is 2. The van der Waals surface area contributed by atoms with Crippen molar-refractivity contribution in [3.05, 3.63) is 92.4 Å². The summed E-state index contributed by atoms with van der Waals surface area (Å²) < 4.78 is 69.8. The largest absolute Gasteiger partial charge is 0.417 e. The normalized spacial score (nSPS) is 13.2. The van der Waals surface area contributed by atoms with Gasteiger partial charge in [-0.2, -0.15) is 13.2 Å². The van der Waals surface area contributed by atoms with E-state index in [1.54, 1.807) is 19.9 Å². The van der Waals surface area contributed by atoms with E-state index in [0.29, 0.717) is 27.4 Å². The molecule has 0 saturated carbocycles. The van der Waals surface area contributed by atoms with Gasteiger partial charge < -0.3 is 10.2 Å². The molecule has 7 nitrogen and oxygen atoms in total.